The molecule has 2 aromatic rings. The molecular weight excluding hydrogens is 437 g/mol. The molecule has 0 aromatic heterocycles. The maximum absolute atomic E-state index is 13.3. The van der Waals surface area contributed by atoms with Crippen molar-refractivity contribution in [2.24, 2.45) is 0 Å². The van der Waals surface area contributed by atoms with Crippen LogP contribution in [0.3, 0.4) is 0 Å². The van der Waals surface area contributed by atoms with E-state index < -0.39 is 16.1 Å². The molecule has 3 rings (SSSR count). The third-order valence-electron chi connectivity index (χ3n) is 4.42. The molecule has 1 aliphatic heterocycles. The Morgan fingerprint density at radius 3 is 2.33 bits per heavy atom. The second kappa shape index (κ2) is 7.11. The van der Waals surface area contributed by atoms with E-state index in [9.17, 15) is 13.5 Å². The molecule has 4 nitrogen and oxygen atoms in total. The Hall–Kier alpha value is -0.960. The maximum Gasteiger partial charge on any atom is 0.243 e. The van der Waals surface area contributed by atoms with Gasteiger partial charge in [-0.15, -0.1) is 0 Å². The predicted octanol–water partition coefficient (Wildman–Crippen LogP) is 3.30. The highest BCUT2D eigenvalue weighted by atomic mass is 127. The average molecular weight is 457 g/mol. The van der Waals surface area contributed by atoms with Gasteiger partial charge in [-0.05, 0) is 31.0 Å². The molecule has 1 fully saturated rings. The number of aliphatic hydroxyl groups is 1. The number of sulfonamides is 1. The van der Waals surface area contributed by atoms with Gasteiger partial charge in [0.1, 0.15) is 0 Å². The summed E-state index contributed by atoms with van der Waals surface area (Å²) in [6.45, 7) is 1.75. The van der Waals surface area contributed by atoms with Gasteiger partial charge < -0.3 is 5.11 Å². The van der Waals surface area contributed by atoms with Gasteiger partial charge in [-0.25, -0.2) is 8.42 Å². The molecule has 1 heterocycles. The molecule has 3 atom stereocenters. The van der Waals surface area contributed by atoms with Crippen LogP contribution in [0.1, 0.15) is 23.6 Å². The van der Waals surface area contributed by atoms with Crippen molar-refractivity contribution in [3.05, 3.63) is 65.7 Å². The zero-order chi connectivity index (χ0) is 17.3. The van der Waals surface area contributed by atoms with E-state index in [1.807, 2.05) is 37.3 Å². The van der Waals surface area contributed by atoms with Crippen LogP contribution in [0, 0.1) is 6.92 Å². The average Bonchev–Trinajstić information content (AvgIpc) is 2.93. The van der Waals surface area contributed by atoms with Crippen molar-refractivity contribution in [1.82, 2.24) is 4.31 Å². The van der Waals surface area contributed by atoms with Gasteiger partial charge in [0.15, 0.2) is 0 Å². The highest BCUT2D eigenvalue weighted by Crippen LogP contribution is 2.44. The normalized spacial score (nSPS) is 25.0. The summed E-state index contributed by atoms with van der Waals surface area (Å²) >= 11 is 2.30. The Morgan fingerprint density at radius 1 is 1.12 bits per heavy atom. The lowest BCUT2D eigenvalue weighted by Gasteiger charge is -2.29. The Balaban J connectivity index is 2.08. The van der Waals surface area contributed by atoms with Crippen molar-refractivity contribution >= 4 is 32.6 Å². The van der Waals surface area contributed by atoms with E-state index in [4.69, 9.17) is 0 Å². The van der Waals surface area contributed by atoms with Crippen molar-refractivity contribution < 1.29 is 13.5 Å². The molecule has 0 unspecified atom stereocenters. The maximum atomic E-state index is 13.3. The van der Waals surface area contributed by atoms with Crippen LogP contribution in [0.5, 0.6) is 0 Å². The van der Waals surface area contributed by atoms with Crippen LogP contribution in [-0.2, 0) is 10.0 Å². The summed E-state index contributed by atoms with van der Waals surface area (Å²) in [7, 11) is -3.68. The van der Waals surface area contributed by atoms with E-state index in [0.29, 0.717) is 6.42 Å². The highest BCUT2D eigenvalue weighted by molar-refractivity contribution is 14.1. The number of rotatable bonds is 4. The van der Waals surface area contributed by atoms with Gasteiger partial charge in [0.2, 0.25) is 10.0 Å². The molecule has 24 heavy (non-hydrogen) atoms. The number of aryl methyl sites for hydroxylation is 1. The van der Waals surface area contributed by atoms with Crippen LogP contribution < -0.4 is 0 Å². The summed E-state index contributed by atoms with van der Waals surface area (Å²) in [5.41, 5.74) is 1.98. The number of halogens is 1. The molecule has 0 radical (unpaired) electrons. The fourth-order valence-electron chi connectivity index (χ4n) is 3.22. The fourth-order valence-corrected chi connectivity index (χ4v) is 6.62. The standard InChI is InChI=1S/C18H20INO3S/c1-13-7-9-16(10-8-13)24(22,23)20-15(12-21)11-17(19)18(20)14-5-3-2-4-6-14/h2-10,15,17-18,21H,11-12H2,1H3/t15-,17+,18-/m0/s1. The second-order valence-corrected chi connectivity index (χ2v) is 9.53. The first-order chi connectivity index (χ1) is 11.4. The lowest BCUT2D eigenvalue weighted by atomic mass is 10.1. The van der Waals surface area contributed by atoms with Gasteiger partial charge >= 0.3 is 0 Å². The third kappa shape index (κ3) is 3.24. The van der Waals surface area contributed by atoms with Gasteiger partial charge in [0, 0.05) is 3.92 Å². The number of aliphatic hydroxyl groups excluding tert-OH is 1. The molecular formula is C18H20INO3S. The summed E-state index contributed by atoms with van der Waals surface area (Å²) < 4.78 is 28.1. The van der Waals surface area contributed by atoms with Crippen LogP contribution in [-0.4, -0.2) is 34.4 Å². The molecule has 1 saturated heterocycles. The molecule has 2 aromatic carbocycles. The van der Waals surface area contributed by atoms with Crippen molar-refractivity contribution in [3.63, 3.8) is 0 Å². The minimum Gasteiger partial charge on any atom is -0.395 e. The lowest BCUT2D eigenvalue weighted by molar-refractivity contribution is 0.198. The molecule has 0 bridgehead atoms. The van der Waals surface area contributed by atoms with Gasteiger partial charge in [0.05, 0.1) is 23.6 Å². The molecule has 1 N–H and O–H groups in total. The lowest BCUT2D eigenvalue weighted by Crippen LogP contribution is -2.39. The number of hydrogen-bond acceptors (Lipinski definition) is 3. The Kier molecular flexibility index (Phi) is 5.29. The SMILES string of the molecule is Cc1ccc(S(=O)(=O)N2[C@H](CO)C[C@@H](I)[C@@H]2c2ccccc2)cc1. The van der Waals surface area contributed by atoms with Crippen molar-refractivity contribution in [2.45, 2.75) is 34.2 Å². The molecule has 0 spiro atoms. The molecule has 0 aliphatic carbocycles. The largest absolute Gasteiger partial charge is 0.395 e. The number of alkyl halides is 1. The zero-order valence-corrected chi connectivity index (χ0v) is 16.3. The van der Waals surface area contributed by atoms with Crippen molar-refractivity contribution in [1.29, 1.82) is 0 Å². The fraction of sp³-hybridized carbons (Fsp3) is 0.333. The van der Waals surface area contributed by atoms with Crippen molar-refractivity contribution in [2.75, 3.05) is 6.61 Å². The van der Waals surface area contributed by atoms with Crippen LogP contribution >= 0.6 is 22.6 Å². The topological polar surface area (TPSA) is 57.6 Å². The van der Waals surface area contributed by atoms with E-state index >= 15 is 0 Å². The summed E-state index contributed by atoms with van der Waals surface area (Å²) in [4.78, 5) is 0.276. The third-order valence-corrected chi connectivity index (χ3v) is 7.56. The summed E-state index contributed by atoms with van der Waals surface area (Å²) in [6, 6.07) is 15.9. The predicted molar refractivity (Wildman–Crippen MR) is 103 cm³/mol. The highest BCUT2D eigenvalue weighted by Gasteiger charge is 2.47. The molecule has 6 heteroatoms. The van der Waals surface area contributed by atoms with Crippen LogP contribution in [0.4, 0.5) is 0 Å². The van der Waals surface area contributed by atoms with E-state index in [0.717, 1.165) is 11.1 Å². The molecule has 1 aliphatic rings. The number of nitrogens with zero attached hydrogens (tertiary/aromatic N) is 1. The first kappa shape index (κ1) is 17.8. The van der Waals surface area contributed by atoms with Gasteiger partial charge in [-0.1, -0.05) is 70.6 Å². The van der Waals surface area contributed by atoms with Crippen molar-refractivity contribution in [3.8, 4) is 0 Å². The Labute approximate surface area is 156 Å². The molecule has 0 amide bonds. The Morgan fingerprint density at radius 2 is 1.75 bits per heavy atom. The first-order valence-electron chi connectivity index (χ1n) is 7.85. The minimum atomic E-state index is -3.68. The molecule has 128 valence electrons. The zero-order valence-electron chi connectivity index (χ0n) is 13.3. The number of hydrogen-bond donors (Lipinski definition) is 1. The summed E-state index contributed by atoms with van der Waals surface area (Å²) in [6.07, 6.45) is 0.641. The van der Waals surface area contributed by atoms with Crippen LogP contribution in [0.2, 0.25) is 0 Å². The van der Waals surface area contributed by atoms with Gasteiger partial charge in [0.25, 0.3) is 0 Å². The van der Waals surface area contributed by atoms with Crippen LogP contribution in [0.15, 0.2) is 59.5 Å². The van der Waals surface area contributed by atoms with Gasteiger partial charge in [-0.2, -0.15) is 4.31 Å². The van der Waals surface area contributed by atoms with Gasteiger partial charge in [-0.3, -0.25) is 0 Å². The quantitative estimate of drug-likeness (QED) is 0.567. The van der Waals surface area contributed by atoms with E-state index in [2.05, 4.69) is 22.6 Å². The Bertz CT molecular complexity index is 793. The first-order valence-corrected chi connectivity index (χ1v) is 10.5. The molecule has 0 saturated carbocycles. The second-order valence-electron chi connectivity index (χ2n) is 6.09. The van der Waals surface area contributed by atoms with Crippen LogP contribution in [0.25, 0.3) is 0 Å². The summed E-state index contributed by atoms with van der Waals surface area (Å²) in [5, 5.41) is 9.76. The minimum absolute atomic E-state index is 0.113. The van der Waals surface area contributed by atoms with E-state index in [-0.39, 0.29) is 21.5 Å². The van der Waals surface area contributed by atoms with E-state index in [1.165, 1.54) is 4.31 Å². The monoisotopic (exact) mass is 457 g/mol. The smallest absolute Gasteiger partial charge is 0.243 e. The number of benzene rings is 2. The van der Waals surface area contributed by atoms with E-state index in [1.54, 1.807) is 24.3 Å². The summed E-state index contributed by atoms with van der Waals surface area (Å²) in [5.74, 6) is 0.